The van der Waals surface area contributed by atoms with Crippen molar-refractivity contribution >= 4 is 11.9 Å². The molecule has 5 nitrogen and oxygen atoms in total. The van der Waals surface area contributed by atoms with Crippen LogP contribution in [0.5, 0.6) is 0 Å². The Morgan fingerprint density at radius 2 is 1.60 bits per heavy atom. The van der Waals surface area contributed by atoms with Gasteiger partial charge in [-0.3, -0.25) is 0 Å². The zero-order valence-corrected chi connectivity index (χ0v) is 14.0. The van der Waals surface area contributed by atoms with Gasteiger partial charge in [-0.05, 0) is 47.9 Å². The molecule has 3 rings (SSSR count). The Bertz CT molecular complexity index is 753. The Hall–Kier alpha value is -2.92. The maximum atomic E-state index is 9.41. The summed E-state index contributed by atoms with van der Waals surface area (Å²) in [6, 6.07) is 17.4. The van der Waals surface area contributed by atoms with E-state index in [0.717, 1.165) is 6.54 Å². The van der Waals surface area contributed by atoms with Gasteiger partial charge < -0.3 is 24.7 Å². The third kappa shape index (κ3) is 5.58. The van der Waals surface area contributed by atoms with Crippen LogP contribution in [0, 0.1) is 0 Å². The van der Waals surface area contributed by atoms with Crippen LogP contribution in [0.15, 0.2) is 60.7 Å². The number of aliphatic carboxylic acids is 2. The van der Waals surface area contributed by atoms with Crippen LogP contribution in [0.4, 0.5) is 0 Å². The number of fused-ring (bicyclic) bond motifs is 1. The van der Waals surface area contributed by atoms with Crippen molar-refractivity contribution in [3.05, 3.63) is 71.8 Å². The fraction of sp³-hybridized carbons (Fsp3) is 0.200. The van der Waals surface area contributed by atoms with Gasteiger partial charge in [0.25, 0.3) is 0 Å². The summed E-state index contributed by atoms with van der Waals surface area (Å²) in [5.41, 5.74) is 5.76. The first kappa shape index (κ1) is 18.4. The fourth-order valence-corrected chi connectivity index (χ4v) is 2.74. The third-order valence-corrected chi connectivity index (χ3v) is 3.90. The van der Waals surface area contributed by atoms with Crippen LogP contribution in [0.2, 0.25) is 0 Å². The van der Waals surface area contributed by atoms with Crippen LogP contribution < -0.4 is 10.2 Å². The number of benzene rings is 2. The van der Waals surface area contributed by atoms with Gasteiger partial charge in [0, 0.05) is 13.1 Å². The minimum Gasteiger partial charge on any atom is -0.545 e. The van der Waals surface area contributed by atoms with Gasteiger partial charge in [-0.1, -0.05) is 48.5 Å². The predicted octanol–water partition coefficient (Wildman–Crippen LogP) is 0.384. The molecule has 0 saturated heterocycles. The van der Waals surface area contributed by atoms with Crippen LogP contribution in [-0.2, 0) is 22.6 Å². The fourth-order valence-electron chi connectivity index (χ4n) is 2.74. The van der Waals surface area contributed by atoms with Gasteiger partial charge in [-0.2, -0.15) is 0 Å². The Morgan fingerprint density at radius 3 is 2.20 bits per heavy atom. The van der Waals surface area contributed by atoms with Gasteiger partial charge in [0.05, 0.1) is 11.9 Å². The van der Waals surface area contributed by atoms with Gasteiger partial charge in [0.1, 0.15) is 0 Å². The molecule has 2 aromatic rings. The highest BCUT2D eigenvalue weighted by Gasteiger charge is 2.16. The van der Waals surface area contributed by atoms with E-state index in [4.69, 9.17) is 0 Å². The van der Waals surface area contributed by atoms with Crippen molar-refractivity contribution < 1.29 is 19.8 Å². The van der Waals surface area contributed by atoms with Gasteiger partial charge in [0.2, 0.25) is 0 Å². The standard InChI is InChI=1S/C16H17N.C4H4O4/c1-17-11-10-14-8-5-9-15(16(14)12-17)13-6-3-2-4-7-13;5-3(6)1-2-4(7)8/h2-9H,10-12H2,1H3;1-2H,(H,5,6)(H,7,8)/p-2/b;2-1+. The Kier molecular flexibility index (Phi) is 6.48. The van der Waals surface area contributed by atoms with E-state index in [0.29, 0.717) is 12.2 Å². The molecule has 5 heteroatoms. The molecule has 0 aliphatic carbocycles. The van der Waals surface area contributed by atoms with Crippen molar-refractivity contribution in [2.45, 2.75) is 13.0 Å². The summed E-state index contributed by atoms with van der Waals surface area (Å²) >= 11 is 0. The largest absolute Gasteiger partial charge is 0.545 e. The molecule has 0 atom stereocenters. The van der Waals surface area contributed by atoms with E-state index in [9.17, 15) is 19.8 Å². The van der Waals surface area contributed by atoms with Crippen molar-refractivity contribution in [1.29, 1.82) is 0 Å². The van der Waals surface area contributed by atoms with Crippen molar-refractivity contribution in [1.82, 2.24) is 4.90 Å². The van der Waals surface area contributed by atoms with Crippen molar-refractivity contribution in [3.63, 3.8) is 0 Å². The molecule has 0 radical (unpaired) electrons. The van der Waals surface area contributed by atoms with Crippen LogP contribution in [0.25, 0.3) is 11.1 Å². The first-order chi connectivity index (χ1) is 12.0. The molecule has 1 heterocycles. The monoisotopic (exact) mass is 337 g/mol. The molecule has 0 spiro atoms. The molecule has 0 fully saturated rings. The molecule has 0 saturated carbocycles. The first-order valence-corrected chi connectivity index (χ1v) is 7.92. The topological polar surface area (TPSA) is 83.5 Å². The number of carboxylic acid groups (broad SMARTS) is 2. The highest BCUT2D eigenvalue weighted by atomic mass is 16.4. The summed E-state index contributed by atoms with van der Waals surface area (Å²) in [6.07, 6.45) is 1.94. The number of carboxylic acids is 2. The van der Waals surface area contributed by atoms with Crippen molar-refractivity contribution in [2.24, 2.45) is 0 Å². The number of nitrogens with zero attached hydrogens (tertiary/aromatic N) is 1. The number of hydrogen-bond acceptors (Lipinski definition) is 5. The van der Waals surface area contributed by atoms with E-state index < -0.39 is 11.9 Å². The number of rotatable bonds is 3. The summed E-state index contributed by atoms with van der Waals surface area (Å²) in [5.74, 6) is -3.09. The quantitative estimate of drug-likeness (QED) is 0.756. The van der Waals surface area contributed by atoms with Crippen LogP contribution >= 0.6 is 0 Å². The average molecular weight is 337 g/mol. The van der Waals surface area contributed by atoms with Gasteiger partial charge in [-0.25, -0.2) is 0 Å². The first-order valence-electron chi connectivity index (χ1n) is 7.92. The number of likely N-dealkylation sites (N-methyl/N-ethyl adjacent to an activating group) is 1. The molecular weight excluding hydrogens is 318 g/mol. The zero-order valence-electron chi connectivity index (χ0n) is 14.0. The van der Waals surface area contributed by atoms with E-state index in [1.165, 1.54) is 35.2 Å². The van der Waals surface area contributed by atoms with E-state index in [1.54, 1.807) is 0 Å². The molecule has 0 amide bonds. The summed E-state index contributed by atoms with van der Waals surface area (Å²) in [6.45, 7) is 2.24. The lowest BCUT2D eigenvalue weighted by atomic mass is 9.91. The summed E-state index contributed by atoms with van der Waals surface area (Å²) in [5, 5.41) is 18.8. The maximum Gasteiger partial charge on any atom is 0.0643 e. The molecule has 130 valence electrons. The van der Waals surface area contributed by atoms with E-state index in [2.05, 4.69) is 60.5 Å². The Morgan fingerprint density at radius 1 is 0.960 bits per heavy atom. The zero-order chi connectivity index (χ0) is 18.2. The summed E-state index contributed by atoms with van der Waals surface area (Å²) in [4.78, 5) is 21.2. The molecule has 0 unspecified atom stereocenters. The van der Waals surface area contributed by atoms with Gasteiger partial charge >= 0.3 is 0 Å². The maximum absolute atomic E-state index is 9.41. The Labute approximate surface area is 146 Å². The van der Waals surface area contributed by atoms with Crippen LogP contribution in [0.1, 0.15) is 11.1 Å². The molecular formula is C20H19NO4-2. The second-order valence-electron chi connectivity index (χ2n) is 5.77. The second-order valence-corrected chi connectivity index (χ2v) is 5.77. The summed E-state index contributed by atoms with van der Waals surface area (Å²) in [7, 11) is 2.20. The second kappa shape index (κ2) is 8.80. The molecule has 0 N–H and O–H groups in total. The number of carbonyl (C=O) groups is 2. The van der Waals surface area contributed by atoms with Gasteiger partial charge in [0.15, 0.2) is 0 Å². The molecule has 25 heavy (non-hydrogen) atoms. The molecule has 1 aliphatic heterocycles. The molecule has 2 aromatic carbocycles. The number of carbonyl (C=O) groups excluding carboxylic acids is 2. The molecule has 1 aliphatic rings. The predicted molar refractivity (Wildman–Crippen MR) is 91.1 cm³/mol. The Balaban J connectivity index is 0.000000242. The molecule has 0 bridgehead atoms. The SMILES string of the molecule is CN1CCc2cccc(-c3ccccc3)c2C1.O=C([O-])/C=C/C(=O)[O-]. The normalized spacial score (nSPS) is 13.6. The average Bonchev–Trinajstić information content (AvgIpc) is 2.61. The van der Waals surface area contributed by atoms with Crippen LogP contribution in [0.3, 0.4) is 0 Å². The van der Waals surface area contributed by atoms with E-state index >= 15 is 0 Å². The highest BCUT2D eigenvalue weighted by Crippen LogP contribution is 2.29. The smallest absolute Gasteiger partial charge is 0.0643 e. The van der Waals surface area contributed by atoms with E-state index in [1.807, 2.05) is 0 Å². The lowest BCUT2D eigenvalue weighted by Crippen LogP contribution is -2.26. The number of hydrogen-bond donors (Lipinski definition) is 0. The van der Waals surface area contributed by atoms with Gasteiger partial charge in [-0.15, -0.1) is 0 Å². The molecule has 0 aromatic heterocycles. The van der Waals surface area contributed by atoms with E-state index in [-0.39, 0.29) is 0 Å². The minimum atomic E-state index is -1.55. The van der Waals surface area contributed by atoms with Crippen LogP contribution in [-0.4, -0.2) is 30.4 Å². The third-order valence-electron chi connectivity index (χ3n) is 3.90. The lowest BCUT2D eigenvalue weighted by Gasteiger charge is -2.27. The van der Waals surface area contributed by atoms with Crippen molar-refractivity contribution in [3.8, 4) is 11.1 Å². The summed E-state index contributed by atoms with van der Waals surface area (Å²) < 4.78 is 0. The lowest BCUT2D eigenvalue weighted by molar-refractivity contribution is -0.301. The minimum absolute atomic E-state index is 0.384. The van der Waals surface area contributed by atoms with Crippen molar-refractivity contribution in [2.75, 3.05) is 13.6 Å². The highest BCUT2D eigenvalue weighted by molar-refractivity contribution is 5.87.